The average molecular weight is 413 g/mol. The molecule has 3 aromatic rings. The molecule has 5 amide bonds. The van der Waals surface area contributed by atoms with E-state index in [-0.39, 0.29) is 11.9 Å². The Morgan fingerprint density at radius 2 is 1.84 bits per heavy atom. The minimum absolute atomic E-state index is 0.207. The van der Waals surface area contributed by atoms with Crippen LogP contribution < -0.4 is 15.5 Å². The highest BCUT2D eigenvalue weighted by Gasteiger charge is 2.34. The minimum atomic E-state index is -0.505. The van der Waals surface area contributed by atoms with Crippen LogP contribution in [0, 0.1) is 0 Å². The number of nitrogens with zero attached hydrogens (tertiary/aromatic N) is 2. The Kier molecular flexibility index (Phi) is 4.51. The van der Waals surface area contributed by atoms with Crippen LogP contribution in [0.4, 0.5) is 26.7 Å². The summed E-state index contributed by atoms with van der Waals surface area (Å²) in [6.07, 6.45) is 3.57. The van der Waals surface area contributed by atoms with Crippen LogP contribution in [-0.4, -0.2) is 40.9 Å². The highest BCUT2D eigenvalue weighted by Crippen LogP contribution is 2.35. The van der Waals surface area contributed by atoms with Gasteiger partial charge in [-0.25, -0.2) is 14.5 Å². The predicted octanol–water partition coefficient (Wildman–Crippen LogP) is 3.98. The number of aromatic nitrogens is 1. The maximum Gasteiger partial charge on any atom is 0.332 e. The Hall–Kier alpha value is -4.33. The summed E-state index contributed by atoms with van der Waals surface area (Å²) in [4.78, 5) is 43.6. The number of carbonyl (C=O) groups excluding carboxylic acids is 3. The number of fused-ring (bicyclic) bond motifs is 1. The van der Waals surface area contributed by atoms with Crippen LogP contribution in [0.3, 0.4) is 0 Å². The highest BCUT2D eigenvalue weighted by atomic mass is 16.2. The molecule has 2 aliphatic heterocycles. The van der Waals surface area contributed by atoms with Gasteiger partial charge in [-0.05, 0) is 42.5 Å². The Morgan fingerprint density at radius 3 is 2.61 bits per heavy atom. The molecular weight excluding hydrogens is 394 g/mol. The maximum atomic E-state index is 12.7. The summed E-state index contributed by atoms with van der Waals surface area (Å²) in [7, 11) is 0. The van der Waals surface area contributed by atoms with E-state index in [1.807, 2.05) is 42.5 Å². The van der Waals surface area contributed by atoms with E-state index in [9.17, 15) is 14.4 Å². The van der Waals surface area contributed by atoms with Crippen molar-refractivity contribution in [3.05, 3.63) is 78.1 Å². The van der Waals surface area contributed by atoms with E-state index in [1.165, 1.54) is 4.90 Å². The van der Waals surface area contributed by atoms with E-state index in [0.717, 1.165) is 16.9 Å². The summed E-state index contributed by atoms with van der Waals surface area (Å²) in [6.45, 7) is 0.730. The van der Waals surface area contributed by atoms with Crippen molar-refractivity contribution in [3.8, 4) is 0 Å². The molecule has 0 spiro atoms. The lowest BCUT2D eigenvalue weighted by atomic mass is 10.1. The van der Waals surface area contributed by atoms with Gasteiger partial charge in [0.05, 0.1) is 17.8 Å². The van der Waals surface area contributed by atoms with Gasteiger partial charge in [-0.1, -0.05) is 24.3 Å². The lowest BCUT2D eigenvalue weighted by molar-refractivity contribution is -0.110. The Labute approximate surface area is 178 Å². The van der Waals surface area contributed by atoms with Crippen LogP contribution in [0.5, 0.6) is 0 Å². The van der Waals surface area contributed by atoms with E-state index in [0.29, 0.717) is 30.0 Å². The first-order valence-corrected chi connectivity index (χ1v) is 9.86. The Balaban J connectivity index is 1.32. The lowest BCUT2D eigenvalue weighted by Gasteiger charge is -2.18. The van der Waals surface area contributed by atoms with Gasteiger partial charge in [-0.3, -0.25) is 9.69 Å². The second-order valence-electron chi connectivity index (χ2n) is 7.25. The van der Waals surface area contributed by atoms with E-state index in [2.05, 4.69) is 15.6 Å². The van der Waals surface area contributed by atoms with Gasteiger partial charge < -0.3 is 15.6 Å². The fourth-order valence-corrected chi connectivity index (χ4v) is 3.77. The molecule has 2 aliphatic rings. The maximum absolute atomic E-state index is 12.7. The van der Waals surface area contributed by atoms with Gasteiger partial charge >= 0.3 is 12.1 Å². The number of nitrogens with one attached hydrogen (secondary N) is 3. The quantitative estimate of drug-likeness (QED) is 0.567. The molecule has 1 aromatic heterocycles. The van der Waals surface area contributed by atoms with Crippen molar-refractivity contribution in [3.63, 3.8) is 0 Å². The first kappa shape index (κ1) is 18.7. The predicted molar refractivity (Wildman–Crippen MR) is 119 cm³/mol. The second-order valence-corrected chi connectivity index (χ2v) is 7.25. The van der Waals surface area contributed by atoms with Gasteiger partial charge in [0.1, 0.15) is 0 Å². The number of carbonyl (C=O) groups is 3. The summed E-state index contributed by atoms with van der Waals surface area (Å²) < 4.78 is 0. The molecule has 5 rings (SSSR count). The highest BCUT2D eigenvalue weighted by molar-refractivity contribution is 6.35. The molecule has 3 N–H and O–H groups in total. The first-order valence-electron chi connectivity index (χ1n) is 9.86. The zero-order chi connectivity index (χ0) is 21.4. The van der Waals surface area contributed by atoms with E-state index in [1.54, 1.807) is 35.4 Å². The monoisotopic (exact) mass is 413 g/mol. The fraction of sp³-hybridized carbons (Fsp3) is 0.0870. The number of hydrogen-bond donors (Lipinski definition) is 3. The summed E-state index contributed by atoms with van der Waals surface area (Å²) in [5.41, 5.74) is 3.99. The van der Waals surface area contributed by atoms with Gasteiger partial charge in [0.15, 0.2) is 0 Å². The van der Waals surface area contributed by atoms with Crippen LogP contribution in [0.2, 0.25) is 0 Å². The van der Waals surface area contributed by atoms with Gasteiger partial charge in [-0.2, -0.15) is 0 Å². The van der Waals surface area contributed by atoms with Crippen LogP contribution >= 0.6 is 0 Å². The lowest BCUT2D eigenvalue weighted by Crippen LogP contribution is -2.39. The Bertz CT molecular complexity index is 1200. The molecule has 31 heavy (non-hydrogen) atoms. The molecule has 8 nitrogen and oxygen atoms in total. The minimum Gasteiger partial charge on any atom is -0.362 e. The van der Waals surface area contributed by atoms with Gasteiger partial charge in [0.25, 0.3) is 5.91 Å². The number of H-pyrrole nitrogens is 1. The van der Waals surface area contributed by atoms with Crippen LogP contribution in [0.15, 0.2) is 66.9 Å². The van der Waals surface area contributed by atoms with Crippen molar-refractivity contribution in [1.82, 2.24) is 9.88 Å². The third-order valence-electron chi connectivity index (χ3n) is 5.30. The smallest absolute Gasteiger partial charge is 0.332 e. The third kappa shape index (κ3) is 3.44. The molecule has 1 saturated heterocycles. The van der Waals surface area contributed by atoms with Crippen molar-refractivity contribution in [1.29, 1.82) is 0 Å². The molecule has 2 aromatic carbocycles. The van der Waals surface area contributed by atoms with Crippen molar-refractivity contribution < 1.29 is 14.4 Å². The zero-order valence-corrected chi connectivity index (χ0v) is 16.5. The number of anilines is 3. The number of urea groups is 2. The van der Waals surface area contributed by atoms with Gasteiger partial charge in [0.2, 0.25) is 0 Å². The number of para-hydroxylation sites is 1. The summed E-state index contributed by atoms with van der Waals surface area (Å²) in [6, 6.07) is 17.3. The largest absolute Gasteiger partial charge is 0.362 e. The molecule has 154 valence electrons. The summed E-state index contributed by atoms with van der Waals surface area (Å²) in [5, 5.41) is 5.57. The molecule has 0 radical (unpaired) electrons. The normalized spacial score (nSPS) is 16.6. The fourth-order valence-electron chi connectivity index (χ4n) is 3.77. The second kappa shape index (κ2) is 7.49. The average Bonchev–Trinajstić information content (AvgIpc) is 3.49. The van der Waals surface area contributed by atoms with Crippen molar-refractivity contribution in [2.45, 2.75) is 0 Å². The third-order valence-corrected chi connectivity index (χ3v) is 5.30. The van der Waals surface area contributed by atoms with Gasteiger partial charge in [0, 0.05) is 35.4 Å². The molecule has 0 aliphatic carbocycles. The summed E-state index contributed by atoms with van der Waals surface area (Å²) >= 11 is 0. The molecule has 0 atom stereocenters. The number of rotatable bonds is 3. The molecule has 8 heteroatoms. The van der Waals surface area contributed by atoms with Crippen molar-refractivity contribution in [2.24, 2.45) is 0 Å². The molecule has 3 heterocycles. The van der Waals surface area contributed by atoms with Crippen LogP contribution in [-0.2, 0) is 4.79 Å². The van der Waals surface area contributed by atoms with Crippen LogP contribution in [0.25, 0.3) is 11.6 Å². The van der Waals surface area contributed by atoms with Crippen molar-refractivity contribution in [2.75, 3.05) is 28.6 Å². The molecule has 0 unspecified atom stereocenters. The number of amides is 5. The number of benzene rings is 2. The van der Waals surface area contributed by atoms with Crippen molar-refractivity contribution >= 4 is 46.7 Å². The van der Waals surface area contributed by atoms with E-state index < -0.39 is 6.03 Å². The molecule has 0 saturated carbocycles. The molecule has 1 fully saturated rings. The summed E-state index contributed by atoms with van der Waals surface area (Å²) in [5.74, 6) is -0.207. The topological polar surface area (TPSA) is 97.5 Å². The SMILES string of the molecule is O=C1Nc2cc(NC(=O)N3CCN(c4ccccc4)C3=O)ccc2C1=Cc1ccc[nH]1. The molecule has 0 bridgehead atoms. The van der Waals surface area contributed by atoms with Gasteiger partial charge in [-0.15, -0.1) is 0 Å². The van der Waals surface area contributed by atoms with E-state index in [4.69, 9.17) is 0 Å². The van der Waals surface area contributed by atoms with Crippen LogP contribution in [0.1, 0.15) is 11.3 Å². The Morgan fingerprint density at radius 1 is 1.00 bits per heavy atom. The first-order chi connectivity index (χ1) is 15.1. The number of hydrogen-bond acceptors (Lipinski definition) is 3. The standard InChI is InChI=1S/C23H19N5O3/c29-21-19(13-15-5-4-10-24-15)18-9-8-16(14-20(18)26-21)25-22(30)28-12-11-27(23(28)31)17-6-2-1-3-7-17/h1-10,13-14,24H,11-12H2,(H,25,30)(H,26,29). The van der Waals surface area contributed by atoms with E-state index >= 15 is 0 Å². The molecular formula is C23H19N5O3. The number of aromatic amines is 1. The zero-order valence-electron chi connectivity index (χ0n) is 16.5. The number of imide groups is 1.